The third kappa shape index (κ3) is 3.75. The van der Waals surface area contributed by atoms with Crippen LogP contribution in [0.5, 0.6) is 0 Å². The van der Waals surface area contributed by atoms with Crippen LogP contribution in [0.2, 0.25) is 0 Å². The monoisotopic (exact) mass is 350 g/mol. The Balaban J connectivity index is 1.46. The summed E-state index contributed by atoms with van der Waals surface area (Å²) in [6, 6.07) is 13.8. The predicted molar refractivity (Wildman–Crippen MR) is 106 cm³/mol. The van der Waals surface area contributed by atoms with Crippen molar-refractivity contribution in [2.24, 2.45) is 5.92 Å². The number of anilines is 1. The highest BCUT2D eigenvalue weighted by atomic mass is 15.2. The number of hydrogen-bond donors (Lipinski definition) is 0. The molecule has 2 aliphatic rings. The zero-order chi connectivity index (χ0) is 17.9. The van der Waals surface area contributed by atoms with Crippen molar-refractivity contribution in [3.05, 3.63) is 53.5 Å². The van der Waals surface area contributed by atoms with Gasteiger partial charge in [-0.2, -0.15) is 0 Å². The molecule has 0 amide bonds. The van der Waals surface area contributed by atoms with Crippen molar-refractivity contribution >= 4 is 5.82 Å². The third-order valence-electron chi connectivity index (χ3n) is 5.98. The molecule has 0 saturated carbocycles. The molecule has 2 unspecified atom stereocenters. The van der Waals surface area contributed by atoms with Crippen molar-refractivity contribution in [1.82, 2.24) is 14.9 Å². The number of aryl methyl sites for hydroxylation is 2. The van der Waals surface area contributed by atoms with Gasteiger partial charge in [0.25, 0.3) is 0 Å². The fraction of sp³-hybridized carbons (Fsp3) is 0.545. The fourth-order valence-electron chi connectivity index (χ4n) is 4.68. The minimum atomic E-state index is 0.716. The van der Waals surface area contributed by atoms with Crippen LogP contribution in [0, 0.1) is 12.8 Å². The number of rotatable bonds is 4. The Morgan fingerprint density at radius 1 is 1.08 bits per heavy atom. The minimum Gasteiger partial charge on any atom is -0.356 e. The summed E-state index contributed by atoms with van der Waals surface area (Å²) in [7, 11) is 0. The molecule has 0 N–H and O–H groups in total. The summed E-state index contributed by atoms with van der Waals surface area (Å²) in [6.07, 6.45) is 4.87. The van der Waals surface area contributed by atoms with E-state index in [1.165, 1.54) is 31.4 Å². The van der Waals surface area contributed by atoms with Crippen molar-refractivity contribution in [3.8, 4) is 0 Å². The quantitative estimate of drug-likeness (QED) is 0.839. The Labute approximate surface area is 157 Å². The molecule has 0 spiro atoms. The van der Waals surface area contributed by atoms with E-state index in [0.717, 1.165) is 49.3 Å². The lowest BCUT2D eigenvalue weighted by atomic mass is 9.83. The van der Waals surface area contributed by atoms with Crippen LogP contribution in [0.25, 0.3) is 0 Å². The van der Waals surface area contributed by atoms with Crippen LogP contribution < -0.4 is 4.90 Å². The van der Waals surface area contributed by atoms with Crippen LogP contribution in [0.1, 0.15) is 43.3 Å². The molecule has 1 aromatic heterocycles. The fourth-order valence-corrected chi connectivity index (χ4v) is 4.68. The molecule has 2 fully saturated rings. The molecule has 2 saturated heterocycles. The standard InChI is InChI=1S/C22H30N4/c1-3-20-14-22(24-17(2)23-20)26-13-11-21-19(16-26)10-7-12-25(21)15-18-8-5-4-6-9-18/h4-6,8-9,14,19,21H,3,7,10-13,15-16H2,1-2H3. The van der Waals surface area contributed by atoms with Crippen LogP contribution in [0.15, 0.2) is 36.4 Å². The molecule has 2 aromatic rings. The molecule has 4 rings (SSSR count). The van der Waals surface area contributed by atoms with Crippen molar-refractivity contribution in [2.75, 3.05) is 24.5 Å². The Hall–Kier alpha value is -1.94. The first-order valence-electron chi connectivity index (χ1n) is 10.1. The van der Waals surface area contributed by atoms with Gasteiger partial charge in [-0.1, -0.05) is 37.3 Å². The van der Waals surface area contributed by atoms with E-state index in [4.69, 9.17) is 4.98 Å². The van der Waals surface area contributed by atoms with E-state index in [0.29, 0.717) is 6.04 Å². The smallest absolute Gasteiger partial charge is 0.132 e. The summed E-state index contributed by atoms with van der Waals surface area (Å²) >= 11 is 0. The number of fused-ring (bicyclic) bond motifs is 1. The first kappa shape index (κ1) is 17.5. The van der Waals surface area contributed by atoms with Crippen LogP contribution in [0.4, 0.5) is 5.82 Å². The highest BCUT2D eigenvalue weighted by molar-refractivity contribution is 5.41. The maximum absolute atomic E-state index is 4.73. The number of benzene rings is 1. The lowest BCUT2D eigenvalue weighted by Gasteiger charge is -2.47. The number of aromatic nitrogens is 2. The molecule has 26 heavy (non-hydrogen) atoms. The Morgan fingerprint density at radius 3 is 2.73 bits per heavy atom. The molecule has 3 heterocycles. The van der Waals surface area contributed by atoms with Gasteiger partial charge < -0.3 is 4.90 Å². The molecule has 4 heteroatoms. The van der Waals surface area contributed by atoms with E-state index in [1.54, 1.807) is 0 Å². The number of likely N-dealkylation sites (tertiary alicyclic amines) is 1. The summed E-state index contributed by atoms with van der Waals surface area (Å²) in [5.41, 5.74) is 2.60. The van der Waals surface area contributed by atoms with E-state index in [-0.39, 0.29) is 0 Å². The summed E-state index contributed by atoms with van der Waals surface area (Å²) in [5, 5.41) is 0. The van der Waals surface area contributed by atoms with Crippen molar-refractivity contribution in [1.29, 1.82) is 0 Å². The van der Waals surface area contributed by atoms with Gasteiger partial charge in [0.2, 0.25) is 0 Å². The zero-order valence-electron chi connectivity index (χ0n) is 16.1. The largest absolute Gasteiger partial charge is 0.356 e. The van der Waals surface area contributed by atoms with E-state index in [9.17, 15) is 0 Å². The van der Waals surface area contributed by atoms with Crippen molar-refractivity contribution < 1.29 is 0 Å². The third-order valence-corrected chi connectivity index (χ3v) is 5.98. The average Bonchev–Trinajstić information content (AvgIpc) is 2.68. The summed E-state index contributed by atoms with van der Waals surface area (Å²) in [6.45, 7) is 8.75. The summed E-state index contributed by atoms with van der Waals surface area (Å²) in [4.78, 5) is 14.5. The van der Waals surface area contributed by atoms with Crippen LogP contribution in [0.3, 0.4) is 0 Å². The predicted octanol–water partition coefficient (Wildman–Crippen LogP) is 3.84. The molecule has 2 atom stereocenters. The topological polar surface area (TPSA) is 32.3 Å². The van der Waals surface area contributed by atoms with Gasteiger partial charge in [-0.3, -0.25) is 4.90 Å². The van der Waals surface area contributed by atoms with Gasteiger partial charge in [-0.25, -0.2) is 9.97 Å². The molecular formula is C22H30N4. The molecule has 0 bridgehead atoms. The highest BCUT2D eigenvalue weighted by Gasteiger charge is 2.36. The SMILES string of the molecule is CCc1cc(N2CCC3C(CCCN3Cc3ccccc3)C2)nc(C)n1. The van der Waals surface area contributed by atoms with Gasteiger partial charge in [-0.15, -0.1) is 0 Å². The molecule has 0 radical (unpaired) electrons. The number of nitrogens with zero attached hydrogens (tertiary/aromatic N) is 4. The van der Waals surface area contributed by atoms with Crippen molar-refractivity contribution in [3.63, 3.8) is 0 Å². The van der Waals surface area contributed by atoms with Gasteiger partial charge in [0.1, 0.15) is 11.6 Å². The Bertz CT molecular complexity index is 730. The second-order valence-electron chi connectivity index (χ2n) is 7.78. The molecule has 138 valence electrons. The second-order valence-corrected chi connectivity index (χ2v) is 7.78. The lowest BCUT2D eigenvalue weighted by molar-refractivity contribution is 0.0700. The molecule has 4 nitrogen and oxygen atoms in total. The Kier molecular flexibility index (Phi) is 5.21. The average molecular weight is 351 g/mol. The van der Waals surface area contributed by atoms with E-state index >= 15 is 0 Å². The normalized spacial score (nSPS) is 23.7. The maximum Gasteiger partial charge on any atom is 0.132 e. The van der Waals surface area contributed by atoms with Crippen LogP contribution in [-0.4, -0.2) is 40.5 Å². The van der Waals surface area contributed by atoms with Crippen molar-refractivity contribution in [2.45, 2.75) is 52.1 Å². The number of piperidine rings is 2. The Morgan fingerprint density at radius 2 is 1.92 bits per heavy atom. The van der Waals surface area contributed by atoms with Gasteiger partial charge in [0.15, 0.2) is 0 Å². The first-order chi connectivity index (χ1) is 12.7. The van der Waals surface area contributed by atoms with Crippen LogP contribution >= 0.6 is 0 Å². The number of hydrogen-bond acceptors (Lipinski definition) is 4. The van der Waals surface area contributed by atoms with Gasteiger partial charge in [0.05, 0.1) is 0 Å². The lowest BCUT2D eigenvalue weighted by Crippen LogP contribution is -2.54. The van der Waals surface area contributed by atoms with E-state index in [1.807, 2.05) is 6.92 Å². The molecular weight excluding hydrogens is 320 g/mol. The summed E-state index contributed by atoms with van der Waals surface area (Å²) in [5.74, 6) is 2.78. The van der Waals surface area contributed by atoms with Gasteiger partial charge in [0, 0.05) is 37.4 Å². The molecule has 1 aromatic carbocycles. The van der Waals surface area contributed by atoms with Crippen LogP contribution in [-0.2, 0) is 13.0 Å². The van der Waals surface area contributed by atoms with E-state index in [2.05, 4.69) is 58.1 Å². The van der Waals surface area contributed by atoms with Gasteiger partial charge in [-0.05, 0) is 50.6 Å². The second kappa shape index (κ2) is 7.75. The molecule has 0 aliphatic carbocycles. The highest BCUT2D eigenvalue weighted by Crippen LogP contribution is 2.33. The van der Waals surface area contributed by atoms with Gasteiger partial charge >= 0.3 is 0 Å². The summed E-state index contributed by atoms with van der Waals surface area (Å²) < 4.78 is 0. The zero-order valence-corrected chi connectivity index (χ0v) is 16.1. The first-order valence-corrected chi connectivity index (χ1v) is 10.1. The maximum atomic E-state index is 4.73. The van der Waals surface area contributed by atoms with E-state index < -0.39 is 0 Å². The molecule has 2 aliphatic heterocycles. The minimum absolute atomic E-state index is 0.716.